The van der Waals surface area contributed by atoms with Crippen molar-refractivity contribution in [2.24, 2.45) is 7.05 Å². The first-order chi connectivity index (χ1) is 13.1. The van der Waals surface area contributed by atoms with E-state index < -0.39 is 10.1 Å². The number of nitrogens with zero attached hydrogens (tertiary/aromatic N) is 3. The van der Waals surface area contributed by atoms with Crippen LogP contribution in [-0.4, -0.2) is 62.1 Å². The van der Waals surface area contributed by atoms with Crippen LogP contribution >= 0.6 is 0 Å². The second-order valence-electron chi connectivity index (χ2n) is 6.70. The highest BCUT2D eigenvalue weighted by Crippen LogP contribution is 2.32. The zero-order valence-corrected chi connectivity index (χ0v) is 17.5. The summed E-state index contributed by atoms with van der Waals surface area (Å²) in [6.07, 6.45) is 3.07. The average molecular weight is 444 g/mol. The second kappa shape index (κ2) is 9.34. The Balaban J connectivity index is 0.000000581. The van der Waals surface area contributed by atoms with Crippen LogP contribution in [0.2, 0.25) is 0 Å². The first kappa shape index (κ1) is 25.2. The number of carbonyl (C=O) groups excluding carboxylic acids is 1. The Labute approximate surface area is 172 Å². The molecule has 12 heteroatoms. The lowest BCUT2D eigenvalue weighted by atomic mass is 10.0. The van der Waals surface area contributed by atoms with Crippen LogP contribution in [0, 0.1) is 12.7 Å². The Morgan fingerprint density at radius 2 is 1.93 bits per heavy atom. The third-order valence-electron chi connectivity index (χ3n) is 4.68. The minimum Gasteiger partial charge on any atom is -0.412 e. The smallest absolute Gasteiger partial charge is 0.261 e. The normalized spacial score (nSPS) is 13.1. The standard InChI is InChI=1S/C17H17FN4O.CH4O3S.2H2O/c1-10-13(20-9-19-10)8-22-7-6-14-15(17(22)23)11-4-3-5-12(18)16(11)21(14)2;1-5(2,3)4;;/h3-5,9H,6-8H2,1-2H3,(H,19,20);1H3,(H,2,3,4);2*1H2. The number of rotatable bonds is 2. The summed E-state index contributed by atoms with van der Waals surface area (Å²) in [7, 11) is -1.84. The van der Waals surface area contributed by atoms with E-state index in [0.717, 1.165) is 23.5 Å². The van der Waals surface area contributed by atoms with Crippen LogP contribution in [0.25, 0.3) is 10.9 Å². The Kier molecular flexibility index (Phi) is 7.86. The molecule has 0 unspecified atom stereocenters. The van der Waals surface area contributed by atoms with E-state index in [0.29, 0.717) is 35.8 Å². The quantitative estimate of drug-likeness (QED) is 0.544. The molecule has 6 N–H and O–H groups in total. The highest BCUT2D eigenvalue weighted by Gasteiger charge is 2.31. The number of benzene rings is 1. The van der Waals surface area contributed by atoms with Crippen molar-refractivity contribution in [1.29, 1.82) is 0 Å². The molecule has 0 spiro atoms. The predicted octanol–water partition coefficient (Wildman–Crippen LogP) is 0.402. The zero-order valence-electron chi connectivity index (χ0n) is 16.7. The molecule has 0 radical (unpaired) electrons. The van der Waals surface area contributed by atoms with Crippen molar-refractivity contribution in [2.45, 2.75) is 19.9 Å². The third kappa shape index (κ3) is 5.02. The zero-order chi connectivity index (χ0) is 20.6. The maximum atomic E-state index is 14.2. The van der Waals surface area contributed by atoms with Crippen LogP contribution in [-0.2, 0) is 30.1 Å². The van der Waals surface area contributed by atoms with Crippen LogP contribution in [0.3, 0.4) is 0 Å². The molecule has 0 bridgehead atoms. The summed E-state index contributed by atoms with van der Waals surface area (Å²) < 4.78 is 41.8. The molecular weight excluding hydrogens is 419 g/mol. The Bertz CT molecular complexity index is 1150. The first-order valence-electron chi connectivity index (χ1n) is 8.54. The molecule has 4 rings (SSSR count). The minimum atomic E-state index is -3.67. The Hall–Kier alpha value is -2.80. The summed E-state index contributed by atoms with van der Waals surface area (Å²) in [6, 6.07) is 4.91. The average Bonchev–Trinajstić information content (AvgIpc) is 3.11. The van der Waals surface area contributed by atoms with E-state index in [4.69, 9.17) is 4.55 Å². The minimum absolute atomic E-state index is 0. The van der Waals surface area contributed by atoms with E-state index in [1.54, 1.807) is 17.3 Å². The van der Waals surface area contributed by atoms with Crippen LogP contribution in [0.5, 0.6) is 0 Å². The molecule has 0 atom stereocenters. The van der Waals surface area contributed by atoms with Crippen LogP contribution in [0.1, 0.15) is 27.4 Å². The van der Waals surface area contributed by atoms with E-state index in [1.807, 2.05) is 24.6 Å². The van der Waals surface area contributed by atoms with Gasteiger partial charge in [-0.25, -0.2) is 9.37 Å². The molecule has 0 aliphatic carbocycles. The SMILES string of the molecule is CS(=O)(=O)O.Cc1[nH]cnc1CN1CCc2c(c3cccc(F)c3n2C)C1=O.O.O. The van der Waals surface area contributed by atoms with Crippen molar-refractivity contribution >= 4 is 26.9 Å². The number of hydrogen-bond acceptors (Lipinski definition) is 4. The van der Waals surface area contributed by atoms with Crippen molar-refractivity contribution in [3.8, 4) is 0 Å². The van der Waals surface area contributed by atoms with Crippen molar-refractivity contribution in [3.05, 3.63) is 53.0 Å². The fourth-order valence-electron chi connectivity index (χ4n) is 3.43. The number of halogens is 1. The molecule has 1 amide bonds. The highest BCUT2D eigenvalue weighted by atomic mass is 32.2. The van der Waals surface area contributed by atoms with Gasteiger partial charge in [-0.05, 0) is 13.0 Å². The second-order valence-corrected chi connectivity index (χ2v) is 8.17. The van der Waals surface area contributed by atoms with Gasteiger partial charge in [-0.3, -0.25) is 9.35 Å². The van der Waals surface area contributed by atoms with Crippen molar-refractivity contribution in [2.75, 3.05) is 12.8 Å². The molecule has 0 fully saturated rings. The summed E-state index contributed by atoms with van der Waals surface area (Å²) in [5.74, 6) is -0.341. The van der Waals surface area contributed by atoms with E-state index in [9.17, 15) is 17.6 Å². The lowest BCUT2D eigenvalue weighted by molar-refractivity contribution is 0.0725. The Morgan fingerprint density at radius 3 is 2.50 bits per heavy atom. The molecule has 3 aromatic rings. The summed E-state index contributed by atoms with van der Waals surface area (Å²) in [6.45, 7) is 3.03. The van der Waals surface area contributed by atoms with Gasteiger partial charge in [0.2, 0.25) is 0 Å². The van der Waals surface area contributed by atoms with Crippen LogP contribution in [0.4, 0.5) is 4.39 Å². The molecule has 30 heavy (non-hydrogen) atoms. The van der Waals surface area contributed by atoms with Crippen molar-refractivity contribution in [3.63, 3.8) is 0 Å². The van der Waals surface area contributed by atoms with Crippen molar-refractivity contribution in [1.82, 2.24) is 19.4 Å². The van der Waals surface area contributed by atoms with Crippen LogP contribution in [0.15, 0.2) is 24.5 Å². The first-order valence-corrected chi connectivity index (χ1v) is 10.4. The van der Waals surface area contributed by atoms with E-state index >= 15 is 0 Å². The molecular formula is C18H25FN4O6S. The molecule has 10 nitrogen and oxygen atoms in total. The van der Waals surface area contributed by atoms with E-state index in [-0.39, 0.29) is 22.7 Å². The maximum Gasteiger partial charge on any atom is 0.261 e. The monoisotopic (exact) mass is 444 g/mol. The van der Waals surface area contributed by atoms with Gasteiger partial charge in [0.1, 0.15) is 5.82 Å². The number of aromatic nitrogens is 3. The number of H-pyrrole nitrogens is 1. The van der Waals surface area contributed by atoms with Gasteiger partial charge >= 0.3 is 0 Å². The maximum absolute atomic E-state index is 14.2. The molecule has 0 saturated heterocycles. The summed E-state index contributed by atoms with van der Waals surface area (Å²) in [5, 5.41) is 0.691. The summed E-state index contributed by atoms with van der Waals surface area (Å²) in [5.41, 5.74) is 3.87. The van der Waals surface area contributed by atoms with Gasteiger partial charge in [-0.15, -0.1) is 0 Å². The molecule has 1 aliphatic rings. The number of aryl methyl sites for hydroxylation is 2. The van der Waals surface area contributed by atoms with Gasteiger partial charge in [-0.1, -0.05) is 12.1 Å². The number of amides is 1. The number of nitrogens with one attached hydrogen (secondary N) is 1. The topological polar surface area (TPSA) is 171 Å². The van der Waals surface area contributed by atoms with E-state index in [1.165, 1.54) is 6.07 Å². The van der Waals surface area contributed by atoms with Gasteiger partial charge in [-0.2, -0.15) is 8.42 Å². The number of aromatic amines is 1. The summed E-state index contributed by atoms with van der Waals surface area (Å²) in [4.78, 5) is 22.0. The van der Waals surface area contributed by atoms with Gasteiger partial charge in [0.05, 0.1) is 35.9 Å². The number of imidazole rings is 1. The molecule has 166 valence electrons. The van der Waals surface area contributed by atoms with Crippen molar-refractivity contribution < 1.29 is 33.1 Å². The highest BCUT2D eigenvalue weighted by molar-refractivity contribution is 7.85. The molecule has 2 aromatic heterocycles. The predicted molar refractivity (Wildman–Crippen MR) is 109 cm³/mol. The summed E-state index contributed by atoms with van der Waals surface area (Å²) >= 11 is 0. The molecule has 0 saturated carbocycles. The van der Waals surface area contributed by atoms with E-state index in [2.05, 4.69) is 9.97 Å². The fourth-order valence-corrected chi connectivity index (χ4v) is 3.43. The van der Waals surface area contributed by atoms with Gasteiger partial charge in [0.15, 0.2) is 0 Å². The van der Waals surface area contributed by atoms with Gasteiger partial charge in [0.25, 0.3) is 16.0 Å². The van der Waals surface area contributed by atoms with Gasteiger partial charge < -0.3 is 25.4 Å². The molecule has 3 heterocycles. The molecule has 1 aromatic carbocycles. The largest absolute Gasteiger partial charge is 0.412 e. The van der Waals surface area contributed by atoms with Crippen LogP contribution < -0.4 is 0 Å². The Morgan fingerprint density at radius 1 is 1.30 bits per heavy atom. The third-order valence-corrected chi connectivity index (χ3v) is 4.68. The number of carbonyl (C=O) groups is 1. The van der Waals surface area contributed by atoms with Gasteiger partial charge in [0, 0.05) is 36.8 Å². The number of fused-ring (bicyclic) bond motifs is 3. The number of para-hydroxylation sites is 1. The lowest BCUT2D eigenvalue weighted by Gasteiger charge is -2.27. The number of hydrogen-bond donors (Lipinski definition) is 2. The molecule has 1 aliphatic heterocycles. The lowest BCUT2D eigenvalue weighted by Crippen LogP contribution is -2.37. The fraction of sp³-hybridized carbons (Fsp3) is 0.333.